The lowest BCUT2D eigenvalue weighted by Crippen LogP contribution is -2.30. The van der Waals surface area contributed by atoms with Crippen molar-refractivity contribution in [3.63, 3.8) is 0 Å². The van der Waals surface area contributed by atoms with E-state index >= 15 is 0 Å². The SMILES string of the molecule is C=C(C)C(=O)OCC(=O)OC1(C)CCCC1. The van der Waals surface area contributed by atoms with Gasteiger partial charge in [0.2, 0.25) is 0 Å². The minimum atomic E-state index is -0.562. The van der Waals surface area contributed by atoms with Gasteiger partial charge in [0.05, 0.1) is 0 Å². The Morgan fingerprint density at radius 3 is 2.38 bits per heavy atom. The molecule has 0 heterocycles. The Labute approximate surface area is 95.6 Å². The fourth-order valence-corrected chi connectivity index (χ4v) is 1.78. The number of hydrogen-bond acceptors (Lipinski definition) is 4. The number of ether oxygens (including phenoxy) is 2. The number of carbonyl (C=O) groups is 2. The summed E-state index contributed by atoms with van der Waals surface area (Å²) in [5, 5.41) is 0. The highest BCUT2D eigenvalue weighted by Gasteiger charge is 2.32. The molecule has 90 valence electrons. The molecular weight excluding hydrogens is 208 g/mol. The van der Waals surface area contributed by atoms with Crippen LogP contribution in [0.4, 0.5) is 0 Å². The first-order valence-electron chi connectivity index (χ1n) is 5.47. The van der Waals surface area contributed by atoms with Gasteiger partial charge in [-0.15, -0.1) is 0 Å². The molecule has 0 N–H and O–H groups in total. The van der Waals surface area contributed by atoms with Crippen molar-refractivity contribution in [3.05, 3.63) is 12.2 Å². The first-order chi connectivity index (χ1) is 7.43. The normalized spacial score (nSPS) is 17.9. The lowest BCUT2D eigenvalue weighted by atomic mass is 10.1. The molecule has 16 heavy (non-hydrogen) atoms. The molecule has 1 rings (SSSR count). The topological polar surface area (TPSA) is 52.6 Å². The van der Waals surface area contributed by atoms with Gasteiger partial charge in [0.1, 0.15) is 5.60 Å². The zero-order chi connectivity index (χ0) is 12.2. The molecule has 0 unspecified atom stereocenters. The number of carbonyl (C=O) groups excluding carboxylic acids is 2. The monoisotopic (exact) mass is 226 g/mol. The van der Waals surface area contributed by atoms with Crippen molar-refractivity contribution in [1.29, 1.82) is 0 Å². The van der Waals surface area contributed by atoms with E-state index in [-0.39, 0.29) is 17.8 Å². The Morgan fingerprint density at radius 1 is 1.31 bits per heavy atom. The second-order valence-electron chi connectivity index (χ2n) is 4.49. The number of rotatable bonds is 4. The van der Waals surface area contributed by atoms with Crippen LogP contribution in [0, 0.1) is 0 Å². The standard InChI is InChI=1S/C12H18O4/c1-9(2)11(14)15-8-10(13)16-12(3)6-4-5-7-12/h1,4-8H2,2-3H3. The minimum absolute atomic E-state index is 0.278. The van der Waals surface area contributed by atoms with Crippen molar-refractivity contribution >= 4 is 11.9 Å². The van der Waals surface area contributed by atoms with Gasteiger partial charge in [-0.3, -0.25) is 0 Å². The lowest BCUT2D eigenvalue weighted by molar-refractivity contribution is -0.167. The zero-order valence-corrected chi connectivity index (χ0v) is 9.88. The Hall–Kier alpha value is -1.32. The quantitative estimate of drug-likeness (QED) is 0.543. The third kappa shape index (κ3) is 3.68. The lowest BCUT2D eigenvalue weighted by Gasteiger charge is -2.23. The molecule has 0 atom stereocenters. The average molecular weight is 226 g/mol. The maximum absolute atomic E-state index is 11.4. The summed E-state index contributed by atoms with van der Waals surface area (Å²) in [5.74, 6) is -1.05. The summed E-state index contributed by atoms with van der Waals surface area (Å²) in [4.78, 5) is 22.4. The molecule has 0 bridgehead atoms. The molecule has 0 aromatic carbocycles. The van der Waals surface area contributed by atoms with Crippen molar-refractivity contribution in [3.8, 4) is 0 Å². The molecule has 4 heteroatoms. The molecule has 0 aromatic rings. The van der Waals surface area contributed by atoms with Gasteiger partial charge in [-0.05, 0) is 39.5 Å². The zero-order valence-electron chi connectivity index (χ0n) is 9.88. The van der Waals surface area contributed by atoms with Crippen LogP contribution in [0.5, 0.6) is 0 Å². The van der Waals surface area contributed by atoms with Crippen molar-refractivity contribution in [1.82, 2.24) is 0 Å². The van der Waals surface area contributed by atoms with E-state index in [0.717, 1.165) is 25.7 Å². The van der Waals surface area contributed by atoms with Gasteiger partial charge < -0.3 is 9.47 Å². The van der Waals surface area contributed by atoms with Crippen LogP contribution in [0.1, 0.15) is 39.5 Å². The van der Waals surface area contributed by atoms with Crippen LogP contribution in [-0.4, -0.2) is 24.1 Å². The van der Waals surface area contributed by atoms with E-state index in [0.29, 0.717) is 0 Å². The molecule has 0 amide bonds. The van der Waals surface area contributed by atoms with E-state index < -0.39 is 11.9 Å². The molecular formula is C12H18O4. The Morgan fingerprint density at radius 2 is 1.88 bits per heavy atom. The van der Waals surface area contributed by atoms with E-state index in [4.69, 9.17) is 9.47 Å². The van der Waals surface area contributed by atoms with E-state index in [9.17, 15) is 9.59 Å². The third-order valence-corrected chi connectivity index (χ3v) is 2.69. The first kappa shape index (κ1) is 12.7. The maximum Gasteiger partial charge on any atom is 0.344 e. The molecule has 0 spiro atoms. The van der Waals surface area contributed by atoms with Gasteiger partial charge in [0.25, 0.3) is 0 Å². The summed E-state index contributed by atoms with van der Waals surface area (Å²) in [5.41, 5.74) is -0.0907. The van der Waals surface area contributed by atoms with E-state index in [1.807, 2.05) is 6.92 Å². The fourth-order valence-electron chi connectivity index (χ4n) is 1.78. The second kappa shape index (κ2) is 5.14. The highest BCUT2D eigenvalue weighted by atomic mass is 16.6. The van der Waals surface area contributed by atoms with Gasteiger partial charge in [-0.2, -0.15) is 0 Å². The summed E-state index contributed by atoms with van der Waals surface area (Å²) >= 11 is 0. The van der Waals surface area contributed by atoms with Crippen molar-refractivity contribution in [2.24, 2.45) is 0 Å². The molecule has 1 saturated carbocycles. The second-order valence-corrected chi connectivity index (χ2v) is 4.49. The van der Waals surface area contributed by atoms with Crippen molar-refractivity contribution in [2.45, 2.75) is 45.1 Å². The maximum atomic E-state index is 11.4. The van der Waals surface area contributed by atoms with Crippen LogP contribution in [0.25, 0.3) is 0 Å². The Balaban J connectivity index is 2.31. The van der Waals surface area contributed by atoms with Crippen LogP contribution in [0.3, 0.4) is 0 Å². The van der Waals surface area contributed by atoms with Gasteiger partial charge in [0.15, 0.2) is 6.61 Å². The Bertz CT molecular complexity index is 300. The van der Waals surface area contributed by atoms with Crippen LogP contribution in [0.15, 0.2) is 12.2 Å². The predicted molar refractivity (Wildman–Crippen MR) is 58.7 cm³/mol. The molecule has 1 fully saturated rings. The number of esters is 2. The van der Waals surface area contributed by atoms with Crippen LogP contribution in [-0.2, 0) is 19.1 Å². The van der Waals surface area contributed by atoms with Gasteiger partial charge in [0, 0.05) is 5.57 Å². The molecule has 1 aliphatic carbocycles. The van der Waals surface area contributed by atoms with Crippen LogP contribution < -0.4 is 0 Å². The van der Waals surface area contributed by atoms with E-state index in [2.05, 4.69) is 6.58 Å². The highest BCUT2D eigenvalue weighted by Crippen LogP contribution is 2.32. The molecule has 4 nitrogen and oxygen atoms in total. The summed E-state index contributed by atoms with van der Waals surface area (Å²) in [7, 11) is 0. The largest absolute Gasteiger partial charge is 0.457 e. The van der Waals surface area contributed by atoms with Crippen molar-refractivity contribution < 1.29 is 19.1 Å². The third-order valence-electron chi connectivity index (χ3n) is 2.69. The van der Waals surface area contributed by atoms with Gasteiger partial charge >= 0.3 is 11.9 Å². The molecule has 0 saturated heterocycles. The summed E-state index contributed by atoms with van der Waals surface area (Å²) in [6.07, 6.45) is 3.92. The summed E-state index contributed by atoms with van der Waals surface area (Å²) in [6.45, 7) is 6.54. The average Bonchev–Trinajstić information content (AvgIpc) is 2.60. The molecule has 1 aliphatic rings. The smallest absolute Gasteiger partial charge is 0.344 e. The van der Waals surface area contributed by atoms with Crippen LogP contribution >= 0.6 is 0 Å². The minimum Gasteiger partial charge on any atom is -0.457 e. The van der Waals surface area contributed by atoms with Crippen molar-refractivity contribution in [2.75, 3.05) is 6.61 Å². The Kier molecular flexibility index (Phi) is 4.10. The first-order valence-corrected chi connectivity index (χ1v) is 5.47. The van der Waals surface area contributed by atoms with Gasteiger partial charge in [-0.1, -0.05) is 6.58 Å². The summed E-state index contributed by atoms with van der Waals surface area (Å²) in [6, 6.07) is 0. The van der Waals surface area contributed by atoms with Gasteiger partial charge in [-0.25, -0.2) is 9.59 Å². The molecule has 0 aliphatic heterocycles. The number of hydrogen-bond donors (Lipinski definition) is 0. The predicted octanol–water partition coefficient (Wildman–Crippen LogP) is 1.98. The van der Waals surface area contributed by atoms with E-state index in [1.54, 1.807) is 0 Å². The molecule has 0 radical (unpaired) electrons. The van der Waals surface area contributed by atoms with E-state index in [1.165, 1.54) is 6.92 Å². The van der Waals surface area contributed by atoms with Crippen LogP contribution in [0.2, 0.25) is 0 Å². The summed E-state index contributed by atoms with van der Waals surface area (Å²) < 4.78 is 9.99. The fraction of sp³-hybridized carbons (Fsp3) is 0.667. The molecule has 0 aromatic heterocycles. The highest BCUT2D eigenvalue weighted by molar-refractivity contribution is 5.88.